The molecule has 0 saturated carbocycles. The molecule has 0 aliphatic rings. The topological polar surface area (TPSA) is 96.3 Å². The van der Waals surface area contributed by atoms with Crippen molar-refractivity contribution < 1.29 is 18.4 Å². The maximum atomic E-state index is 5.71. The highest BCUT2D eigenvalue weighted by molar-refractivity contribution is 7.98. The molecule has 0 spiro atoms. The smallest absolute Gasteiger partial charge is 0.277 e. The Morgan fingerprint density at radius 3 is 2.46 bits per heavy atom. The van der Waals surface area contributed by atoms with Gasteiger partial charge in [0.05, 0.1) is 20.0 Å². The lowest BCUT2D eigenvalue weighted by Crippen LogP contribution is -1.94. The maximum Gasteiger partial charge on any atom is 0.277 e. The maximum absolute atomic E-state index is 5.71. The first-order chi connectivity index (χ1) is 12.6. The summed E-state index contributed by atoms with van der Waals surface area (Å²) in [4.78, 5) is 4.35. The molecular formula is C17H20N4O4S. The molecule has 2 heterocycles. The van der Waals surface area contributed by atoms with Gasteiger partial charge in [-0.1, -0.05) is 30.8 Å². The summed E-state index contributed by atoms with van der Waals surface area (Å²) in [7, 11) is 3.18. The van der Waals surface area contributed by atoms with Gasteiger partial charge in [-0.2, -0.15) is 4.98 Å². The van der Waals surface area contributed by atoms with E-state index in [4.69, 9.17) is 18.4 Å². The average Bonchev–Trinajstić information content (AvgIpc) is 3.28. The van der Waals surface area contributed by atoms with Crippen LogP contribution in [0.4, 0.5) is 0 Å². The van der Waals surface area contributed by atoms with Crippen molar-refractivity contribution in [1.82, 2.24) is 20.3 Å². The molecule has 0 radical (unpaired) electrons. The van der Waals surface area contributed by atoms with E-state index in [2.05, 4.69) is 34.2 Å². The van der Waals surface area contributed by atoms with Gasteiger partial charge in [0.15, 0.2) is 5.82 Å². The summed E-state index contributed by atoms with van der Waals surface area (Å²) in [5.41, 5.74) is 0.722. The van der Waals surface area contributed by atoms with Crippen molar-refractivity contribution in [1.29, 1.82) is 0 Å². The van der Waals surface area contributed by atoms with Gasteiger partial charge in [0.2, 0.25) is 11.8 Å². The van der Waals surface area contributed by atoms with Crippen LogP contribution in [0.25, 0.3) is 11.5 Å². The van der Waals surface area contributed by atoms with Crippen LogP contribution in [0.3, 0.4) is 0 Å². The Morgan fingerprint density at radius 1 is 1.08 bits per heavy atom. The van der Waals surface area contributed by atoms with E-state index >= 15 is 0 Å². The van der Waals surface area contributed by atoms with E-state index < -0.39 is 0 Å². The van der Waals surface area contributed by atoms with Crippen molar-refractivity contribution in [3.05, 3.63) is 29.9 Å². The van der Waals surface area contributed by atoms with E-state index in [9.17, 15) is 0 Å². The largest absolute Gasteiger partial charge is 0.497 e. The molecule has 26 heavy (non-hydrogen) atoms. The van der Waals surface area contributed by atoms with Crippen LogP contribution in [0.2, 0.25) is 0 Å². The minimum atomic E-state index is 0.387. The standard InChI is InChI=1S/C17H20N4O4S/c1-10(2)5-15-18-14(21-25-15)9-26-17-20-19-16(24-17)11-6-12(22-3)8-13(7-11)23-4/h6-8,10H,5,9H2,1-4H3. The Balaban J connectivity index is 1.67. The number of methoxy groups -OCH3 is 2. The number of hydrogen-bond acceptors (Lipinski definition) is 9. The van der Waals surface area contributed by atoms with E-state index in [0.29, 0.717) is 46.0 Å². The molecule has 9 heteroatoms. The highest BCUT2D eigenvalue weighted by Gasteiger charge is 2.14. The lowest BCUT2D eigenvalue weighted by Gasteiger charge is -2.05. The molecule has 0 aliphatic heterocycles. The SMILES string of the molecule is COc1cc(OC)cc(-c2nnc(SCc3noc(CC(C)C)n3)o2)c1. The fraction of sp³-hybridized carbons (Fsp3) is 0.412. The quantitative estimate of drug-likeness (QED) is 0.546. The van der Waals surface area contributed by atoms with E-state index in [1.54, 1.807) is 20.3 Å². The van der Waals surface area contributed by atoms with Crippen LogP contribution < -0.4 is 9.47 Å². The second-order valence-corrected chi connectivity index (χ2v) is 6.89. The summed E-state index contributed by atoms with van der Waals surface area (Å²) in [5, 5.41) is 12.5. The number of rotatable bonds is 8. The Kier molecular flexibility index (Phi) is 5.77. The third-order valence-corrected chi connectivity index (χ3v) is 4.24. The van der Waals surface area contributed by atoms with Crippen LogP contribution in [0.15, 0.2) is 32.4 Å². The van der Waals surface area contributed by atoms with E-state index in [-0.39, 0.29) is 0 Å². The van der Waals surface area contributed by atoms with Gasteiger partial charge in [0.1, 0.15) is 11.5 Å². The van der Waals surface area contributed by atoms with Gasteiger partial charge in [-0.3, -0.25) is 0 Å². The zero-order chi connectivity index (χ0) is 18.5. The molecule has 0 fully saturated rings. The highest BCUT2D eigenvalue weighted by Crippen LogP contribution is 2.31. The van der Waals surface area contributed by atoms with Crippen LogP contribution in [0.5, 0.6) is 11.5 Å². The lowest BCUT2D eigenvalue weighted by molar-refractivity contribution is 0.360. The molecular weight excluding hydrogens is 356 g/mol. The molecule has 0 saturated heterocycles. The Morgan fingerprint density at radius 2 is 1.81 bits per heavy atom. The van der Waals surface area contributed by atoms with Crippen LogP contribution >= 0.6 is 11.8 Å². The summed E-state index contributed by atoms with van der Waals surface area (Å²) in [6.45, 7) is 4.21. The van der Waals surface area contributed by atoms with Crippen molar-refractivity contribution in [2.45, 2.75) is 31.2 Å². The Hall–Kier alpha value is -2.55. The van der Waals surface area contributed by atoms with Gasteiger partial charge < -0.3 is 18.4 Å². The minimum absolute atomic E-state index is 0.387. The van der Waals surface area contributed by atoms with Crippen LogP contribution in [0.1, 0.15) is 25.6 Å². The predicted molar refractivity (Wildman–Crippen MR) is 95.2 cm³/mol. The molecule has 0 amide bonds. The van der Waals surface area contributed by atoms with Crippen LogP contribution in [0, 0.1) is 5.92 Å². The first-order valence-electron chi connectivity index (χ1n) is 8.08. The molecule has 138 valence electrons. The highest BCUT2D eigenvalue weighted by atomic mass is 32.2. The van der Waals surface area contributed by atoms with Crippen LogP contribution in [-0.4, -0.2) is 34.6 Å². The molecule has 0 N–H and O–H groups in total. The fourth-order valence-corrected chi connectivity index (χ4v) is 2.83. The lowest BCUT2D eigenvalue weighted by atomic mass is 10.1. The van der Waals surface area contributed by atoms with Gasteiger partial charge >= 0.3 is 0 Å². The predicted octanol–water partition coefficient (Wildman–Crippen LogP) is 3.63. The molecule has 1 aromatic carbocycles. The van der Waals surface area contributed by atoms with Crippen LogP contribution in [-0.2, 0) is 12.2 Å². The Labute approximate surface area is 155 Å². The normalized spacial score (nSPS) is 11.1. The van der Waals surface area contributed by atoms with Gasteiger partial charge in [-0.15, -0.1) is 10.2 Å². The first kappa shape index (κ1) is 18.2. The van der Waals surface area contributed by atoms with E-state index in [1.807, 2.05) is 12.1 Å². The number of nitrogens with zero attached hydrogens (tertiary/aromatic N) is 4. The fourth-order valence-electron chi connectivity index (χ4n) is 2.22. The molecule has 3 rings (SSSR count). The monoisotopic (exact) mass is 376 g/mol. The van der Waals surface area contributed by atoms with Crippen molar-refractivity contribution >= 4 is 11.8 Å². The van der Waals surface area contributed by atoms with Crippen molar-refractivity contribution in [3.8, 4) is 23.0 Å². The minimum Gasteiger partial charge on any atom is -0.497 e. The van der Waals surface area contributed by atoms with Crippen molar-refractivity contribution in [2.75, 3.05) is 14.2 Å². The summed E-state index contributed by atoms with van der Waals surface area (Å²) >= 11 is 1.35. The zero-order valence-corrected chi connectivity index (χ0v) is 15.9. The summed E-state index contributed by atoms with van der Waals surface area (Å²) in [6.07, 6.45) is 0.764. The second-order valence-electron chi connectivity index (χ2n) is 5.97. The molecule has 0 bridgehead atoms. The summed E-state index contributed by atoms with van der Waals surface area (Å²) < 4.78 is 21.4. The summed E-state index contributed by atoms with van der Waals surface area (Å²) in [5.74, 6) is 3.89. The number of ether oxygens (including phenoxy) is 2. The van der Waals surface area contributed by atoms with Gasteiger partial charge in [-0.05, 0) is 18.1 Å². The average molecular weight is 376 g/mol. The molecule has 3 aromatic rings. The third kappa shape index (κ3) is 4.54. The first-order valence-corrected chi connectivity index (χ1v) is 9.07. The number of thioether (sulfide) groups is 1. The van der Waals surface area contributed by atoms with Gasteiger partial charge in [0, 0.05) is 18.1 Å². The van der Waals surface area contributed by atoms with Crippen molar-refractivity contribution in [3.63, 3.8) is 0 Å². The van der Waals surface area contributed by atoms with Gasteiger partial charge in [-0.25, -0.2) is 0 Å². The summed E-state index contributed by atoms with van der Waals surface area (Å²) in [6, 6.07) is 5.39. The third-order valence-electron chi connectivity index (χ3n) is 3.42. The molecule has 2 aromatic heterocycles. The molecule has 8 nitrogen and oxygen atoms in total. The van der Waals surface area contributed by atoms with Crippen molar-refractivity contribution in [2.24, 2.45) is 5.92 Å². The number of benzene rings is 1. The second kappa shape index (κ2) is 8.22. The number of aromatic nitrogens is 4. The van der Waals surface area contributed by atoms with E-state index in [0.717, 1.165) is 12.0 Å². The molecule has 0 unspecified atom stereocenters. The Bertz CT molecular complexity index is 840. The van der Waals surface area contributed by atoms with Gasteiger partial charge in [0.25, 0.3) is 5.22 Å². The van der Waals surface area contributed by atoms with E-state index in [1.165, 1.54) is 11.8 Å². The number of hydrogen-bond donors (Lipinski definition) is 0. The molecule has 0 atom stereocenters. The zero-order valence-electron chi connectivity index (χ0n) is 15.1. The molecule has 0 aliphatic carbocycles.